The van der Waals surface area contributed by atoms with Crippen LogP contribution in [-0.4, -0.2) is 10.1 Å². The third kappa shape index (κ3) is 2.71. The Kier molecular flexibility index (Phi) is 2.83. The molecule has 3 heteroatoms. The van der Waals surface area contributed by atoms with E-state index in [0.29, 0.717) is 12.4 Å². The Morgan fingerprint density at radius 3 is 2.87 bits per heavy atom. The molecule has 1 N–H and O–H groups in total. The number of ether oxygens (including phenoxy) is 1. The van der Waals surface area contributed by atoms with E-state index >= 15 is 0 Å². The molecule has 0 radical (unpaired) electrons. The van der Waals surface area contributed by atoms with Crippen LogP contribution < -0.4 is 4.74 Å². The molecule has 0 atom stereocenters. The van der Waals surface area contributed by atoms with Gasteiger partial charge in [-0.05, 0) is 18.2 Å². The summed E-state index contributed by atoms with van der Waals surface area (Å²) in [5.74, 6) is 0.859. The third-order valence-electron chi connectivity index (χ3n) is 1.95. The Balaban J connectivity index is 1.99. The number of benzene rings is 1. The first-order valence-corrected chi connectivity index (χ1v) is 4.65. The molecule has 0 fully saturated rings. The minimum absolute atomic E-state index is 0.207. The summed E-state index contributed by atoms with van der Waals surface area (Å²) in [5.41, 5.74) is 1.00. The van der Waals surface area contributed by atoms with E-state index in [0.717, 1.165) is 5.56 Å². The molecule has 0 aliphatic rings. The number of hydrogen-bond donors (Lipinski definition) is 1. The van der Waals surface area contributed by atoms with Gasteiger partial charge in [-0.2, -0.15) is 0 Å². The lowest BCUT2D eigenvalue weighted by Gasteiger charge is -2.05. The first-order valence-electron chi connectivity index (χ1n) is 4.65. The largest absolute Gasteiger partial charge is 0.508 e. The summed E-state index contributed by atoms with van der Waals surface area (Å²) in [6.45, 7) is 0.456. The van der Waals surface area contributed by atoms with E-state index < -0.39 is 0 Å². The van der Waals surface area contributed by atoms with Gasteiger partial charge < -0.3 is 9.84 Å². The zero-order valence-corrected chi connectivity index (χ0v) is 8.13. The Morgan fingerprint density at radius 2 is 2.13 bits per heavy atom. The van der Waals surface area contributed by atoms with Crippen LogP contribution in [0.4, 0.5) is 0 Å². The van der Waals surface area contributed by atoms with Crippen molar-refractivity contribution in [2.24, 2.45) is 0 Å². The Bertz CT molecular complexity index is 429. The summed E-state index contributed by atoms with van der Waals surface area (Å²) in [4.78, 5) is 3.99. The number of phenols is 1. The molecule has 76 valence electrons. The van der Waals surface area contributed by atoms with Gasteiger partial charge >= 0.3 is 0 Å². The molecule has 1 heterocycles. The molecular weight excluding hydrogens is 190 g/mol. The van der Waals surface area contributed by atoms with Gasteiger partial charge in [-0.15, -0.1) is 0 Å². The molecule has 0 amide bonds. The standard InChI is InChI=1S/C12H11NO2/c14-11-4-1-5-12(7-11)15-9-10-3-2-6-13-8-10/h1-8,14H,9H2. The molecule has 3 nitrogen and oxygen atoms in total. The van der Waals surface area contributed by atoms with Crippen LogP contribution in [-0.2, 0) is 6.61 Å². The van der Waals surface area contributed by atoms with Gasteiger partial charge in [-0.1, -0.05) is 12.1 Å². The molecular formula is C12H11NO2. The average Bonchev–Trinajstić information content (AvgIpc) is 2.28. The van der Waals surface area contributed by atoms with E-state index in [9.17, 15) is 5.11 Å². The lowest BCUT2D eigenvalue weighted by molar-refractivity contribution is 0.304. The topological polar surface area (TPSA) is 42.4 Å². The molecule has 0 bridgehead atoms. The van der Waals surface area contributed by atoms with E-state index in [1.165, 1.54) is 0 Å². The maximum atomic E-state index is 9.22. The highest BCUT2D eigenvalue weighted by molar-refractivity contribution is 5.31. The van der Waals surface area contributed by atoms with E-state index in [1.807, 2.05) is 12.1 Å². The zero-order valence-electron chi connectivity index (χ0n) is 8.13. The summed E-state index contributed by atoms with van der Waals surface area (Å²) in [6, 6.07) is 10.5. The van der Waals surface area contributed by atoms with Crippen molar-refractivity contribution in [2.75, 3.05) is 0 Å². The van der Waals surface area contributed by atoms with Crippen LogP contribution in [0.15, 0.2) is 48.8 Å². The number of aromatic hydroxyl groups is 1. The maximum Gasteiger partial charge on any atom is 0.123 e. The number of hydrogen-bond acceptors (Lipinski definition) is 3. The quantitative estimate of drug-likeness (QED) is 0.828. The van der Waals surface area contributed by atoms with Crippen LogP contribution in [0.1, 0.15) is 5.56 Å². The monoisotopic (exact) mass is 201 g/mol. The van der Waals surface area contributed by atoms with Crippen LogP contribution in [0.2, 0.25) is 0 Å². The summed E-state index contributed by atoms with van der Waals surface area (Å²) in [6.07, 6.45) is 3.47. The molecule has 0 aliphatic heterocycles. The second-order valence-corrected chi connectivity index (χ2v) is 3.15. The molecule has 0 saturated carbocycles. The van der Waals surface area contributed by atoms with Crippen molar-refractivity contribution in [2.45, 2.75) is 6.61 Å². The Morgan fingerprint density at radius 1 is 1.20 bits per heavy atom. The van der Waals surface area contributed by atoms with Gasteiger partial charge in [0, 0.05) is 24.0 Å². The highest BCUT2D eigenvalue weighted by Crippen LogP contribution is 2.18. The number of rotatable bonds is 3. The minimum atomic E-state index is 0.207. The van der Waals surface area contributed by atoms with Crippen LogP contribution >= 0.6 is 0 Å². The highest BCUT2D eigenvalue weighted by atomic mass is 16.5. The van der Waals surface area contributed by atoms with Crippen LogP contribution in [0.3, 0.4) is 0 Å². The maximum absolute atomic E-state index is 9.22. The van der Waals surface area contributed by atoms with Crippen molar-refractivity contribution in [1.29, 1.82) is 0 Å². The summed E-state index contributed by atoms with van der Waals surface area (Å²) >= 11 is 0. The lowest BCUT2D eigenvalue weighted by atomic mass is 10.3. The van der Waals surface area contributed by atoms with Gasteiger partial charge in [-0.3, -0.25) is 4.98 Å². The number of nitrogens with zero attached hydrogens (tertiary/aromatic N) is 1. The molecule has 2 rings (SSSR count). The van der Waals surface area contributed by atoms with Crippen molar-refractivity contribution in [1.82, 2.24) is 4.98 Å². The van der Waals surface area contributed by atoms with Crippen LogP contribution in [0, 0.1) is 0 Å². The van der Waals surface area contributed by atoms with Gasteiger partial charge in [-0.25, -0.2) is 0 Å². The third-order valence-corrected chi connectivity index (χ3v) is 1.95. The van der Waals surface area contributed by atoms with Crippen molar-refractivity contribution in [3.05, 3.63) is 54.4 Å². The van der Waals surface area contributed by atoms with Crippen molar-refractivity contribution in [3.63, 3.8) is 0 Å². The van der Waals surface area contributed by atoms with E-state index in [4.69, 9.17) is 4.74 Å². The van der Waals surface area contributed by atoms with Crippen molar-refractivity contribution < 1.29 is 9.84 Å². The molecule has 0 saturated heterocycles. The zero-order chi connectivity index (χ0) is 10.5. The fraction of sp³-hybridized carbons (Fsp3) is 0.0833. The molecule has 0 unspecified atom stereocenters. The highest BCUT2D eigenvalue weighted by Gasteiger charge is 1.96. The lowest BCUT2D eigenvalue weighted by Crippen LogP contribution is -1.95. The van der Waals surface area contributed by atoms with Crippen LogP contribution in [0.5, 0.6) is 11.5 Å². The number of pyridine rings is 1. The summed E-state index contributed by atoms with van der Waals surface area (Å²) in [5, 5.41) is 9.22. The first-order chi connectivity index (χ1) is 7.34. The fourth-order valence-electron chi connectivity index (χ4n) is 1.22. The summed E-state index contributed by atoms with van der Waals surface area (Å²) in [7, 11) is 0. The molecule has 1 aromatic heterocycles. The average molecular weight is 201 g/mol. The Labute approximate surface area is 88.0 Å². The van der Waals surface area contributed by atoms with E-state index in [1.54, 1.807) is 36.7 Å². The number of phenolic OH excluding ortho intramolecular Hbond substituents is 1. The number of aromatic nitrogens is 1. The molecule has 0 spiro atoms. The predicted molar refractivity (Wildman–Crippen MR) is 56.7 cm³/mol. The van der Waals surface area contributed by atoms with Gasteiger partial charge in [0.25, 0.3) is 0 Å². The predicted octanol–water partition coefficient (Wildman–Crippen LogP) is 2.37. The molecule has 15 heavy (non-hydrogen) atoms. The second-order valence-electron chi connectivity index (χ2n) is 3.15. The van der Waals surface area contributed by atoms with Crippen LogP contribution in [0.25, 0.3) is 0 Å². The second kappa shape index (κ2) is 4.46. The molecule has 0 aliphatic carbocycles. The smallest absolute Gasteiger partial charge is 0.123 e. The Hall–Kier alpha value is -2.03. The van der Waals surface area contributed by atoms with Crippen molar-refractivity contribution in [3.8, 4) is 11.5 Å². The first kappa shape index (κ1) is 9.52. The fourth-order valence-corrected chi connectivity index (χ4v) is 1.22. The minimum Gasteiger partial charge on any atom is -0.508 e. The SMILES string of the molecule is Oc1cccc(OCc2cccnc2)c1. The van der Waals surface area contributed by atoms with Crippen molar-refractivity contribution >= 4 is 0 Å². The van der Waals surface area contributed by atoms with Gasteiger partial charge in [0.05, 0.1) is 0 Å². The molecule has 1 aromatic carbocycles. The normalized spacial score (nSPS) is 9.87. The van der Waals surface area contributed by atoms with Gasteiger partial charge in [0.2, 0.25) is 0 Å². The van der Waals surface area contributed by atoms with Gasteiger partial charge in [0.1, 0.15) is 18.1 Å². The summed E-state index contributed by atoms with van der Waals surface area (Å²) < 4.78 is 5.47. The van der Waals surface area contributed by atoms with Gasteiger partial charge in [0.15, 0.2) is 0 Å². The van der Waals surface area contributed by atoms with E-state index in [2.05, 4.69) is 4.98 Å². The molecule has 2 aromatic rings. The van der Waals surface area contributed by atoms with E-state index in [-0.39, 0.29) is 5.75 Å².